The monoisotopic (exact) mass is 498 g/mol. The molecule has 7 nitrogen and oxygen atoms in total. The zero-order valence-electron chi connectivity index (χ0n) is 20.2. The minimum atomic E-state index is -0.466. The maximum absolute atomic E-state index is 13.5. The molecule has 0 radical (unpaired) electrons. The third-order valence-electron chi connectivity index (χ3n) is 6.10. The predicted octanol–water partition coefficient (Wildman–Crippen LogP) is 3.40. The quantitative estimate of drug-likeness (QED) is 0.333. The molecule has 9 heteroatoms. The molecule has 1 fully saturated rings. The van der Waals surface area contributed by atoms with Crippen LogP contribution < -0.4 is 5.56 Å². The van der Waals surface area contributed by atoms with Crippen LogP contribution in [0.5, 0.6) is 0 Å². The van der Waals surface area contributed by atoms with E-state index in [1.54, 1.807) is 34.7 Å². The first kappa shape index (κ1) is 25.3. The van der Waals surface area contributed by atoms with Gasteiger partial charge in [-0.15, -0.1) is 0 Å². The number of hydrogen-bond donors (Lipinski definition) is 0. The van der Waals surface area contributed by atoms with E-state index >= 15 is 0 Å². The van der Waals surface area contributed by atoms with Gasteiger partial charge < -0.3 is 9.64 Å². The standard InChI is InChI=1S/C26H31FN4O3S/c1-19(24(32)29(2)18-20-7-5-8-21(27)17-20)35-26-28-23-10-4-3-9-22(23)25(33)31(26)12-6-11-30-13-15-34-16-14-30/h3-5,7-10,17,19H,6,11-16,18H2,1-2H3. The van der Waals surface area contributed by atoms with E-state index in [0.717, 1.165) is 44.8 Å². The number of halogens is 1. The van der Waals surface area contributed by atoms with E-state index in [0.29, 0.717) is 29.1 Å². The first-order chi connectivity index (χ1) is 16.9. The van der Waals surface area contributed by atoms with Gasteiger partial charge in [0.05, 0.1) is 29.4 Å². The summed E-state index contributed by atoms with van der Waals surface area (Å²) in [6.45, 7) is 6.79. The van der Waals surface area contributed by atoms with Gasteiger partial charge in [0.2, 0.25) is 5.91 Å². The number of rotatable bonds is 9. The van der Waals surface area contributed by atoms with Crippen LogP contribution in [-0.2, 0) is 22.6 Å². The van der Waals surface area contributed by atoms with E-state index in [1.165, 1.54) is 23.9 Å². The number of benzene rings is 2. The van der Waals surface area contributed by atoms with Crippen LogP contribution in [0.2, 0.25) is 0 Å². The van der Waals surface area contributed by atoms with Gasteiger partial charge in [0.15, 0.2) is 5.16 Å². The van der Waals surface area contributed by atoms with Crippen LogP contribution in [0.25, 0.3) is 10.9 Å². The number of carbonyl (C=O) groups is 1. The maximum atomic E-state index is 13.5. The minimum absolute atomic E-state index is 0.0900. The lowest BCUT2D eigenvalue weighted by Gasteiger charge is -2.26. The van der Waals surface area contributed by atoms with Gasteiger partial charge in [0, 0.05) is 39.8 Å². The molecule has 0 aliphatic carbocycles. The van der Waals surface area contributed by atoms with E-state index in [9.17, 15) is 14.0 Å². The van der Waals surface area contributed by atoms with E-state index in [-0.39, 0.29) is 17.3 Å². The summed E-state index contributed by atoms with van der Waals surface area (Å²) >= 11 is 1.29. The third-order valence-corrected chi connectivity index (χ3v) is 7.18. The van der Waals surface area contributed by atoms with Crippen molar-refractivity contribution < 1.29 is 13.9 Å². The van der Waals surface area contributed by atoms with Crippen molar-refractivity contribution >= 4 is 28.6 Å². The molecule has 2 aromatic carbocycles. The average molecular weight is 499 g/mol. The Labute approximate surface area is 208 Å². The van der Waals surface area contributed by atoms with Crippen LogP contribution in [0.15, 0.2) is 58.5 Å². The Morgan fingerprint density at radius 2 is 1.94 bits per heavy atom. The van der Waals surface area contributed by atoms with Crippen molar-refractivity contribution in [2.45, 2.75) is 36.8 Å². The molecule has 1 amide bonds. The van der Waals surface area contributed by atoms with Gasteiger partial charge in [0.1, 0.15) is 5.82 Å². The van der Waals surface area contributed by atoms with Crippen molar-refractivity contribution in [1.82, 2.24) is 19.4 Å². The molecule has 1 saturated heterocycles. The second-order valence-corrected chi connectivity index (χ2v) is 10.1. The lowest BCUT2D eigenvalue weighted by Crippen LogP contribution is -2.37. The summed E-state index contributed by atoms with van der Waals surface area (Å²) in [6, 6.07) is 13.5. The molecule has 1 aromatic heterocycles. The summed E-state index contributed by atoms with van der Waals surface area (Å²) in [5.41, 5.74) is 1.26. The number of thioether (sulfide) groups is 1. The molecule has 0 bridgehead atoms. The van der Waals surface area contributed by atoms with Gasteiger partial charge in [-0.3, -0.25) is 19.1 Å². The van der Waals surface area contributed by atoms with Crippen molar-refractivity contribution in [3.05, 3.63) is 70.3 Å². The molecule has 1 unspecified atom stereocenters. The molecule has 1 aliphatic heterocycles. The molecule has 3 aromatic rings. The predicted molar refractivity (Wildman–Crippen MR) is 136 cm³/mol. The topological polar surface area (TPSA) is 67.7 Å². The molecule has 1 aliphatic rings. The highest BCUT2D eigenvalue weighted by Gasteiger charge is 2.22. The number of ether oxygens (including phenoxy) is 1. The van der Waals surface area contributed by atoms with Crippen LogP contribution in [-0.4, -0.2) is 70.4 Å². The van der Waals surface area contributed by atoms with Gasteiger partial charge in [-0.25, -0.2) is 9.37 Å². The lowest BCUT2D eigenvalue weighted by molar-refractivity contribution is -0.129. The number of morpholine rings is 1. The molecule has 2 heterocycles. The van der Waals surface area contributed by atoms with Crippen LogP contribution in [0.4, 0.5) is 4.39 Å². The SMILES string of the molecule is CC(Sc1nc2ccccc2c(=O)n1CCCN1CCOCC1)C(=O)N(C)Cc1cccc(F)c1. The van der Waals surface area contributed by atoms with Crippen molar-refractivity contribution in [2.75, 3.05) is 39.9 Å². The molecule has 0 saturated carbocycles. The van der Waals surface area contributed by atoms with Gasteiger partial charge in [-0.05, 0) is 43.2 Å². The van der Waals surface area contributed by atoms with Crippen molar-refractivity contribution in [2.24, 2.45) is 0 Å². The number of amides is 1. The van der Waals surface area contributed by atoms with Crippen LogP contribution in [0, 0.1) is 5.82 Å². The number of aromatic nitrogens is 2. The van der Waals surface area contributed by atoms with Gasteiger partial charge >= 0.3 is 0 Å². The molecular weight excluding hydrogens is 467 g/mol. The highest BCUT2D eigenvalue weighted by molar-refractivity contribution is 8.00. The largest absolute Gasteiger partial charge is 0.379 e. The number of para-hydroxylation sites is 1. The molecule has 186 valence electrons. The van der Waals surface area contributed by atoms with Crippen molar-refractivity contribution in [1.29, 1.82) is 0 Å². The summed E-state index contributed by atoms with van der Waals surface area (Å²) in [5, 5.41) is 0.647. The summed E-state index contributed by atoms with van der Waals surface area (Å²) in [5.74, 6) is -0.436. The Balaban J connectivity index is 1.50. The van der Waals surface area contributed by atoms with Gasteiger partial charge in [-0.2, -0.15) is 0 Å². The zero-order valence-corrected chi connectivity index (χ0v) is 21.0. The van der Waals surface area contributed by atoms with Crippen molar-refractivity contribution in [3.63, 3.8) is 0 Å². The first-order valence-corrected chi connectivity index (χ1v) is 12.8. The maximum Gasteiger partial charge on any atom is 0.262 e. The van der Waals surface area contributed by atoms with E-state index < -0.39 is 5.25 Å². The normalized spacial score (nSPS) is 15.3. The lowest BCUT2D eigenvalue weighted by atomic mass is 10.2. The molecule has 35 heavy (non-hydrogen) atoms. The van der Waals surface area contributed by atoms with Crippen LogP contribution in [0.3, 0.4) is 0 Å². The fourth-order valence-corrected chi connectivity index (χ4v) is 5.27. The zero-order chi connectivity index (χ0) is 24.8. The Morgan fingerprint density at radius 3 is 2.71 bits per heavy atom. The molecule has 0 spiro atoms. The highest BCUT2D eigenvalue weighted by atomic mass is 32.2. The Morgan fingerprint density at radius 1 is 1.17 bits per heavy atom. The second-order valence-electron chi connectivity index (χ2n) is 8.76. The number of carbonyl (C=O) groups excluding carboxylic acids is 1. The van der Waals surface area contributed by atoms with Gasteiger partial charge in [0.25, 0.3) is 5.56 Å². The summed E-state index contributed by atoms with van der Waals surface area (Å²) in [7, 11) is 1.70. The molecular formula is C26H31FN4O3S. The van der Waals surface area contributed by atoms with Crippen molar-refractivity contribution in [3.8, 4) is 0 Å². The summed E-state index contributed by atoms with van der Waals surface area (Å²) in [6.07, 6.45) is 0.801. The Hall–Kier alpha value is -2.75. The van der Waals surface area contributed by atoms with E-state index in [2.05, 4.69) is 4.90 Å². The fourth-order valence-electron chi connectivity index (χ4n) is 4.22. The van der Waals surface area contributed by atoms with E-state index in [1.807, 2.05) is 25.1 Å². The van der Waals surface area contributed by atoms with Crippen LogP contribution >= 0.6 is 11.8 Å². The van der Waals surface area contributed by atoms with E-state index in [4.69, 9.17) is 9.72 Å². The van der Waals surface area contributed by atoms with Crippen LogP contribution in [0.1, 0.15) is 18.9 Å². The molecule has 0 N–H and O–H groups in total. The molecule has 1 atom stereocenters. The summed E-state index contributed by atoms with van der Waals surface area (Å²) < 4.78 is 20.7. The minimum Gasteiger partial charge on any atom is -0.379 e. The Bertz CT molecular complexity index is 1230. The smallest absolute Gasteiger partial charge is 0.262 e. The first-order valence-electron chi connectivity index (χ1n) is 11.9. The fraction of sp³-hybridized carbons (Fsp3) is 0.423. The number of nitrogens with zero attached hydrogens (tertiary/aromatic N) is 4. The number of fused-ring (bicyclic) bond motifs is 1. The highest BCUT2D eigenvalue weighted by Crippen LogP contribution is 2.24. The third kappa shape index (κ3) is 6.48. The summed E-state index contributed by atoms with van der Waals surface area (Å²) in [4.78, 5) is 35.1. The average Bonchev–Trinajstić information content (AvgIpc) is 2.86. The Kier molecular flexibility index (Phi) is 8.54. The second kappa shape index (κ2) is 11.8. The van der Waals surface area contributed by atoms with Gasteiger partial charge in [-0.1, -0.05) is 36.0 Å². The molecule has 4 rings (SSSR count). The number of hydrogen-bond acceptors (Lipinski definition) is 6.